The Labute approximate surface area is 141 Å². The van der Waals surface area contributed by atoms with Gasteiger partial charge in [-0.2, -0.15) is 0 Å². The Bertz CT molecular complexity index is 875. The SMILES string of the molecule is CCOC(=C1CCC1)c1cnc2cc(Oc3ccccc3)ccn12. The van der Waals surface area contributed by atoms with Crippen molar-refractivity contribution in [1.82, 2.24) is 9.38 Å². The summed E-state index contributed by atoms with van der Waals surface area (Å²) >= 11 is 0. The van der Waals surface area contributed by atoms with Crippen molar-refractivity contribution >= 4 is 11.4 Å². The largest absolute Gasteiger partial charge is 0.492 e. The minimum Gasteiger partial charge on any atom is -0.492 e. The van der Waals surface area contributed by atoms with E-state index in [1.165, 1.54) is 12.0 Å². The fourth-order valence-corrected chi connectivity index (χ4v) is 2.90. The first kappa shape index (κ1) is 14.8. The summed E-state index contributed by atoms with van der Waals surface area (Å²) in [6.45, 7) is 2.69. The Balaban J connectivity index is 1.68. The van der Waals surface area contributed by atoms with E-state index in [1.54, 1.807) is 0 Å². The normalized spacial score (nSPS) is 13.6. The number of nitrogens with zero attached hydrogens (tertiary/aromatic N) is 2. The third-order valence-electron chi connectivity index (χ3n) is 4.26. The predicted molar refractivity (Wildman–Crippen MR) is 94.1 cm³/mol. The molecule has 2 heterocycles. The van der Waals surface area contributed by atoms with E-state index in [2.05, 4.69) is 9.38 Å². The lowest BCUT2D eigenvalue weighted by Crippen LogP contribution is -2.06. The Kier molecular flexibility index (Phi) is 3.95. The van der Waals surface area contributed by atoms with Crippen LogP contribution in [0.4, 0.5) is 0 Å². The minimum atomic E-state index is 0.668. The predicted octanol–water partition coefficient (Wildman–Crippen LogP) is 5.06. The fourth-order valence-electron chi connectivity index (χ4n) is 2.90. The van der Waals surface area contributed by atoms with Crippen LogP contribution < -0.4 is 4.74 Å². The van der Waals surface area contributed by atoms with Crippen LogP contribution in [0.3, 0.4) is 0 Å². The summed E-state index contributed by atoms with van der Waals surface area (Å²) in [5.74, 6) is 2.59. The molecule has 2 aromatic heterocycles. The van der Waals surface area contributed by atoms with Crippen LogP contribution in [-0.2, 0) is 4.74 Å². The smallest absolute Gasteiger partial charge is 0.144 e. The first-order valence-corrected chi connectivity index (χ1v) is 8.40. The van der Waals surface area contributed by atoms with E-state index in [-0.39, 0.29) is 0 Å². The lowest BCUT2D eigenvalue weighted by molar-refractivity contribution is 0.289. The molecule has 3 aromatic rings. The summed E-state index contributed by atoms with van der Waals surface area (Å²) in [7, 11) is 0. The van der Waals surface area contributed by atoms with Crippen LogP contribution in [0.15, 0.2) is 60.4 Å². The molecule has 0 saturated heterocycles. The van der Waals surface area contributed by atoms with Gasteiger partial charge in [0.1, 0.15) is 28.6 Å². The first-order valence-electron chi connectivity index (χ1n) is 8.40. The molecule has 0 N–H and O–H groups in total. The molecule has 122 valence electrons. The summed E-state index contributed by atoms with van der Waals surface area (Å²) in [4.78, 5) is 4.53. The maximum atomic E-state index is 5.91. The number of hydrogen-bond acceptors (Lipinski definition) is 3. The van der Waals surface area contributed by atoms with E-state index in [1.807, 2.05) is 61.8 Å². The molecule has 1 saturated carbocycles. The van der Waals surface area contributed by atoms with E-state index in [4.69, 9.17) is 9.47 Å². The van der Waals surface area contributed by atoms with E-state index < -0.39 is 0 Å². The van der Waals surface area contributed by atoms with Crippen LogP contribution in [0, 0.1) is 0 Å². The Morgan fingerprint density at radius 1 is 1.12 bits per heavy atom. The van der Waals surface area contributed by atoms with Crippen molar-refractivity contribution < 1.29 is 9.47 Å². The molecule has 4 nitrogen and oxygen atoms in total. The van der Waals surface area contributed by atoms with Crippen molar-refractivity contribution in [2.45, 2.75) is 26.2 Å². The second-order valence-electron chi connectivity index (χ2n) is 5.87. The van der Waals surface area contributed by atoms with Gasteiger partial charge in [0.15, 0.2) is 0 Å². The number of ether oxygens (including phenoxy) is 2. The molecule has 24 heavy (non-hydrogen) atoms. The zero-order valence-electron chi connectivity index (χ0n) is 13.7. The third-order valence-corrected chi connectivity index (χ3v) is 4.26. The van der Waals surface area contributed by atoms with Crippen LogP contribution >= 0.6 is 0 Å². The molecule has 0 spiro atoms. The van der Waals surface area contributed by atoms with Gasteiger partial charge in [-0.15, -0.1) is 0 Å². The van der Waals surface area contributed by atoms with Gasteiger partial charge in [-0.05, 0) is 50.0 Å². The van der Waals surface area contributed by atoms with Crippen LogP contribution in [0.5, 0.6) is 11.5 Å². The van der Waals surface area contributed by atoms with Crippen LogP contribution in [0.1, 0.15) is 31.9 Å². The highest BCUT2D eigenvalue weighted by molar-refractivity contribution is 5.65. The minimum absolute atomic E-state index is 0.668. The number of allylic oxidation sites excluding steroid dienone is 1. The average Bonchev–Trinajstić information content (AvgIpc) is 2.97. The molecule has 0 radical (unpaired) electrons. The van der Waals surface area contributed by atoms with Crippen LogP contribution in [-0.4, -0.2) is 16.0 Å². The van der Waals surface area contributed by atoms with Gasteiger partial charge >= 0.3 is 0 Å². The Hall–Kier alpha value is -2.75. The number of benzene rings is 1. The summed E-state index contributed by atoms with van der Waals surface area (Å²) in [5.41, 5.74) is 3.27. The van der Waals surface area contributed by atoms with E-state index in [0.29, 0.717) is 6.61 Å². The average molecular weight is 320 g/mol. The van der Waals surface area contributed by atoms with E-state index >= 15 is 0 Å². The monoisotopic (exact) mass is 320 g/mol. The Morgan fingerprint density at radius 3 is 2.67 bits per heavy atom. The maximum Gasteiger partial charge on any atom is 0.144 e. The maximum absolute atomic E-state index is 5.91. The molecule has 1 fully saturated rings. The topological polar surface area (TPSA) is 35.8 Å². The Morgan fingerprint density at radius 2 is 1.96 bits per heavy atom. The van der Waals surface area contributed by atoms with Gasteiger partial charge in [-0.1, -0.05) is 18.2 Å². The quantitative estimate of drug-likeness (QED) is 0.617. The zero-order valence-corrected chi connectivity index (χ0v) is 13.7. The molecular weight excluding hydrogens is 300 g/mol. The first-order chi connectivity index (χ1) is 11.8. The molecule has 4 rings (SSSR count). The highest BCUT2D eigenvalue weighted by Crippen LogP contribution is 2.34. The molecule has 1 aliphatic carbocycles. The van der Waals surface area contributed by atoms with Crippen molar-refractivity contribution in [3.8, 4) is 11.5 Å². The van der Waals surface area contributed by atoms with Crippen molar-refractivity contribution in [3.05, 3.63) is 66.1 Å². The number of pyridine rings is 1. The second kappa shape index (κ2) is 6.40. The molecule has 0 atom stereocenters. The van der Waals surface area contributed by atoms with Gasteiger partial charge in [0, 0.05) is 12.3 Å². The standard InChI is InChI=1S/C20H20N2O2/c1-2-23-20(15-7-6-8-15)18-14-21-19-13-17(11-12-22(18)19)24-16-9-4-3-5-10-16/h3-5,9-14H,2,6-8H2,1H3. The summed E-state index contributed by atoms with van der Waals surface area (Å²) in [5, 5.41) is 0. The number of para-hydroxylation sites is 1. The molecule has 1 aromatic carbocycles. The van der Waals surface area contributed by atoms with Crippen LogP contribution in [0.2, 0.25) is 0 Å². The number of aromatic nitrogens is 2. The molecule has 4 heteroatoms. The van der Waals surface area contributed by atoms with Crippen molar-refractivity contribution in [1.29, 1.82) is 0 Å². The molecule has 0 bridgehead atoms. The van der Waals surface area contributed by atoms with Crippen molar-refractivity contribution in [2.24, 2.45) is 0 Å². The van der Waals surface area contributed by atoms with Gasteiger partial charge in [-0.3, -0.25) is 4.40 Å². The molecule has 0 unspecified atom stereocenters. The highest BCUT2D eigenvalue weighted by atomic mass is 16.5. The summed E-state index contributed by atoms with van der Waals surface area (Å²) < 4.78 is 13.9. The highest BCUT2D eigenvalue weighted by Gasteiger charge is 2.20. The van der Waals surface area contributed by atoms with E-state index in [0.717, 1.165) is 41.4 Å². The molecule has 1 aliphatic rings. The fraction of sp³-hybridized carbons (Fsp3) is 0.250. The molecular formula is C20H20N2O2. The number of rotatable bonds is 5. The number of imidazole rings is 1. The molecule has 0 aliphatic heterocycles. The van der Waals surface area contributed by atoms with Gasteiger partial charge in [0.2, 0.25) is 0 Å². The van der Waals surface area contributed by atoms with Crippen molar-refractivity contribution in [2.75, 3.05) is 6.61 Å². The van der Waals surface area contributed by atoms with Gasteiger partial charge in [0.25, 0.3) is 0 Å². The number of fused-ring (bicyclic) bond motifs is 1. The van der Waals surface area contributed by atoms with E-state index in [9.17, 15) is 0 Å². The van der Waals surface area contributed by atoms with Gasteiger partial charge in [0.05, 0.1) is 12.8 Å². The number of hydrogen-bond donors (Lipinski definition) is 0. The lowest BCUT2D eigenvalue weighted by atomic mass is 9.90. The third kappa shape index (κ3) is 2.75. The summed E-state index contributed by atoms with van der Waals surface area (Å²) in [6, 6.07) is 13.7. The van der Waals surface area contributed by atoms with Crippen molar-refractivity contribution in [3.63, 3.8) is 0 Å². The zero-order chi connectivity index (χ0) is 16.4. The summed E-state index contributed by atoms with van der Waals surface area (Å²) in [6.07, 6.45) is 7.37. The van der Waals surface area contributed by atoms with Gasteiger partial charge < -0.3 is 9.47 Å². The molecule has 0 amide bonds. The van der Waals surface area contributed by atoms with Crippen LogP contribution in [0.25, 0.3) is 11.4 Å². The second-order valence-corrected chi connectivity index (χ2v) is 5.87. The lowest BCUT2D eigenvalue weighted by Gasteiger charge is -2.21. The van der Waals surface area contributed by atoms with Gasteiger partial charge in [-0.25, -0.2) is 4.98 Å².